The first-order valence-corrected chi connectivity index (χ1v) is 6.12. The highest BCUT2D eigenvalue weighted by Crippen LogP contribution is 2.37. The summed E-state index contributed by atoms with van der Waals surface area (Å²) in [5.74, 6) is -3.15. The van der Waals surface area contributed by atoms with E-state index in [1.54, 1.807) is 6.92 Å². The number of rotatable bonds is 0. The quantitative estimate of drug-likeness (QED) is 0.540. The van der Waals surface area contributed by atoms with Crippen LogP contribution in [0.25, 0.3) is 10.8 Å². The molecule has 2 heterocycles. The Hall–Kier alpha value is -3.02. The molecule has 2 aliphatic heterocycles. The molecule has 0 spiro atoms. The number of hydrogen-bond donors (Lipinski definition) is 0. The van der Waals surface area contributed by atoms with Crippen molar-refractivity contribution in [3.05, 3.63) is 46.0 Å². The van der Waals surface area contributed by atoms with E-state index in [1.807, 2.05) is 0 Å². The number of esters is 4. The van der Waals surface area contributed by atoms with Crippen molar-refractivity contribution in [3.63, 3.8) is 0 Å². The average molecular weight is 282 g/mol. The summed E-state index contributed by atoms with van der Waals surface area (Å²) in [6, 6.07) is 4.26. The Labute approximate surface area is 117 Å². The molecule has 0 bridgehead atoms. The van der Waals surface area contributed by atoms with E-state index < -0.39 is 23.9 Å². The zero-order valence-electron chi connectivity index (χ0n) is 10.7. The molecule has 4 rings (SSSR count). The maximum Gasteiger partial charge on any atom is 0.346 e. The minimum absolute atomic E-state index is 0.159. The predicted molar refractivity (Wildman–Crippen MR) is 68.2 cm³/mol. The van der Waals surface area contributed by atoms with Gasteiger partial charge in [0.05, 0.1) is 22.3 Å². The molecule has 0 unspecified atom stereocenters. The third-order valence-electron chi connectivity index (χ3n) is 3.71. The minimum Gasteiger partial charge on any atom is -0.386 e. The Bertz CT molecular complexity index is 922. The van der Waals surface area contributed by atoms with Crippen LogP contribution in [-0.2, 0) is 9.47 Å². The molecule has 102 valence electrons. The first-order valence-electron chi connectivity index (χ1n) is 6.12. The molecule has 0 atom stereocenters. The highest BCUT2D eigenvalue weighted by Gasteiger charge is 2.36. The molecular formula is C15H6O6. The van der Waals surface area contributed by atoms with Gasteiger partial charge in [-0.3, -0.25) is 0 Å². The van der Waals surface area contributed by atoms with Crippen molar-refractivity contribution in [2.45, 2.75) is 6.92 Å². The largest absolute Gasteiger partial charge is 0.386 e. The lowest BCUT2D eigenvalue weighted by Gasteiger charge is -2.22. The van der Waals surface area contributed by atoms with Crippen LogP contribution in [0.4, 0.5) is 0 Å². The third-order valence-corrected chi connectivity index (χ3v) is 3.71. The summed E-state index contributed by atoms with van der Waals surface area (Å²) in [6.45, 7) is 1.63. The van der Waals surface area contributed by atoms with E-state index in [4.69, 9.17) is 0 Å². The van der Waals surface area contributed by atoms with Gasteiger partial charge in [-0.15, -0.1) is 0 Å². The molecule has 0 saturated heterocycles. The molecule has 6 nitrogen and oxygen atoms in total. The van der Waals surface area contributed by atoms with Crippen LogP contribution >= 0.6 is 0 Å². The summed E-state index contributed by atoms with van der Waals surface area (Å²) in [5.41, 5.74) is 1.18. The van der Waals surface area contributed by atoms with E-state index in [2.05, 4.69) is 9.47 Å². The van der Waals surface area contributed by atoms with E-state index >= 15 is 0 Å². The maximum absolute atomic E-state index is 12.0. The van der Waals surface area contributed by atoms with Crippen molar-refractivity contribution in [1.29, 1.82) is 0 Å². The number of cyclic esters (lactones) is 4. The van der Waals surface area contributed by atoms with E-state index in [0.717, 1.165) is 0 Å². The normalized spacial score (nSPS) is 16.0. The molecular weight excluding hydrogens is 276 g/mol. The Kier molecular flexibility index (Phi) is 1.99. The highest BCUT2D eigenvalue weighted by molar-refractivity contribution is 6.29. The number of ether oxygens (including phenoxy) is 2. The number of carbonyl (C=O) groups excluding carboxylic acids is 4. The minimum atomic E-state index is -0.791. The molecule has 0 aliphatic carbocycles. The fraction of sp³-hybridized carbons (Fsp3) is 0.0667. The summed E-state index contributed by atoms with van der Waals surface area (Å²) >= 11 is 0. The van der Waals surface area contributed by atoms with Crippen molar-refractivity contribution in [3.8, 4) is 0 Å². The Morgan fingerprint density at radius 2 is 1.24 bits per heavy atom. The molecule has 6 heteroatoms. The van der Waals surface area contributed by atoms with Crippen molar-refractivity contribution in [2.24, 2.45) is 0 Å². The van der Waals surface area contributed by atoms with Gasteiger partial charge in [0.1, 0.15) is 0 Å². The number of carbonyl (C=O) groups is 4. The van der Waals surface area contributed by atoms with Crippen LogP contribution in [-0.4, -0.2) is 23.9 Å². The Morgan fingerprint density at radius 1 is 0.714 bits per heavy atom. The van der Waals surface area contributed by atoms with Gasteiger partial charge < -0.3 is 9.47 Å². The molecule has 2 aliphatic rings. The van der Waals surface area contributed by atoms with E-state index in [-0.39, 0.29) is 33.0 Å². The lowest BCUT2D eigenvalue weighted by Crippen LogP contribution is -2.26. The van der Waals surface area contributed by atoms with E-state index in [9.17, 15) is 19.2 Å². The molecule has 0 N–H and O–H groups in total. The highest BCUT2D eigenvalue weighted by atomic mass is 16.6. The van der Waals surface area contributed by atoms with Gasteiger partial charge >= 0.3 is 23.9 Å². The van der Waals surface area contributed by atoms with Crippen LogP contribution in [0, 0.1) is 6.92 Å². The van der Waals surface area contributed by atoms with Crippen LogP contribution in [0.15, 0.2) is 18.2 Å². The van der Waals surface area contributed by atoms with Gasteiger partial charge in [0.2, 0.25) is 0 Å². The molecule has 0 saturated carbocycles. The zero-order chi connectivity index (χ0) is 14.9. The van der Waals surface area contributed by atoms with E-state index in [1.165, 1.54) is 18.2 Å². The molecule has 0 aromatic heterocycles. The van der Waals surface area contributed by atoms with Gasteiger partial charge in [-0.25, -0.2) is 19.2 Å². The maximum atomic E-state index is 12.0. The van der Waals surface area contributed by atoms with Crippen molar-refractivity contribution >= 4 is 34.6 Å². The summed E-state index contributed by atoms with van der Waals surface area (Å²) in [6.07, 6.45) is 0. The summed E-state index contributed by atoms with van der Waals surface area (Å²) in [5, 5.41) is 0.563. The molecule has 2 aromatic rings. The van der Waals surface area contributed by atoms with Gasteiger partial charge in [-0.05, 0) is 30.7 Å². The van der Waals surface area contributed by atoms with Gasteiger partial charge in [0, 0.05) is 10.8 Å². The second kappa shape index (κ2) is 3.54. The number of aryl methyl sites for hydroxylation is 1. The smallest absolute Gasteiger partial charge is 0.346 e. The molecule has 2 aromatic carbocycles. The standard InChI is InChI=1S/C15H6O6/c1-5-4-8-10-6(12(16)20-14(8)18)2-3-7-11(10)9(5)15(19)21-13(7)17/h2-4H,1H3. The lowest BCUT2D eigenvalue weighted by molar-refractivity contribution is 0.0365. The Balaban J connectivity index is 2.33. The fourth-order valence-electron chi connectivity index (χ4n) is 2.85. The van der Waals surface area contributed by atoms with E-state index in [0.29, 0.717) is 5.56 Å². The SMILES string of the molecule is Cc1cc2c3c(ccc4c3c1C(=O)OC4=O)C(=O)OC2=O. The monoisotopic (exact) mass is 282 g/mol. The average Bonchev–Trinajstić information content (AvgIpc) is 2.42. The summed E-state index contributed by atoms with van der Waals surface area (Å²) in [7, 11) is 0. The van der Waals surface area contributed by atoms with Crippen LogP contribution in [0.1, 0.15) is 47.0 Å². The van der Waals surface area contributed by atoms with Crippen molar-refractivity contribution in [1.82, 2.24) is 0 Å². The van der Waals surface area contributed by atoms with Crippen LogP contribution in [0.2, 0.25) is 0 Å². The zero-order valence-corrected chi connectivity index (χ0v) is 10.7. The summed E-state index contributed by atoms with van der Waals surface area (Å²) < 4.78 is 9.35. The van der Waals surface area contributed by atoms with Crippen LogP contribution < -0.4 is 0 Å². The predicted octanol–water partition coefficient (Wildman–Crippen LogP) is 1.77. The second-order valence-corrected chi connectivity index (χ2v) is 4.88. The number of hydrogen-bond acceptors (Lipinski definition) is 6. The van der Waals surface area contributed by atoms with Gasteiger partial charge in [-0.1, -0.05) is 0 Å². The Morgan fingerprint density at radius 3 is 1.90 bits per heavy atom. The first kappa shape index (κ1) is 11.8. The van der Waals surface area contributed by atoms with Gasteiger partial charge in [0.25, 0.3) is 0 Å². The molecule has 21 heavy (non-hydrogen) atoms. The van der Waals surface area contributed by atoms with Crippen LogP contribution in [0.5, 0.6) is 0 Å². The second-order valence-electron chi connectivity index (χ2n) is 4.88. The van der Waals surface area contributed by atoms with Crippen LogP contribution in [0.3, 0.4) is 0 Å². The van der Waals surface area contributed by atoms with Gasteiger partial charge in [-0.2, -0.15) is 0 Å². The molecule has 0 fully saturated rings. The number of benzene rings is 2. The van der Waals surface area contributed by atoms with Gasteiger partial charge in [0.15, 0.2) is 0 Å². The van der Waals surface area contributed by atoms with Crippen molar-refractivity contribution in [2.75, 3.05) is 0 Å². The summed E-state index contributed by atoms with van der Waals surface area (Å²) in [4.78, 5) is 47.5. The fourth-order valence-corrected chi connectivity index (χ4v) is 2.85. The molecule has 0 radical (unpaired) electrons. The topological polar surface area (TPSA) is 86.7 Å². The van der Waals surface area contributed by atoms with Crippen molar-refractivity contribution < 1.29 is 28.7 Å². The lowest BCUT2D eigenvalue weighted by atomic mass is 9.87. The first-order chi connectivity index (χ1) is 9.99. The molecule has 0 amide bonds. The third kappa shape index (κ3) is 1.31.